The smallest absolute Gasteiger partial charge is 0.321 e. The van der Waals surface area contributed by atoms with Crippen molar-refractivity contribution in [2.75, 3.05) is 37.6 Å². The maximum Gasteiger partial charge on any atom is 0.321 e. The molecule has 1 aromatic rings. The van der Waals surface area contributed by atoms with Gasteiger partial charge in [0.25, 0.3) is 0 Å². The van der Waals surface area contributed by atoms with Crippen molar-refractivity contribution in [3.63, 3.8) is 0 Å². The van der Waals surface area contributed by atoms with E-state index < -0.39 is 6.03 Å². The van der Waals surface area contributed by atoms with Crippen LogP contribution in [-0.4, -0.2) is 60.6 Å². The fourth-order valence-electron chi connectivity index (χ4n) is 2.47. The van der Waals surface area contributed by atoms with E-state index in [1.165, 1.54) is 0 Å². The molecule has 1 fully saturated rings. The molecule has 7 nitrogen and oxygen atoms in total. The van der Waals surface area contributed by atoms with Crippen molar-refractivity contribution < 1.29 is 9.59 Å². The molecular formula is C15H23N5O2. The third kappa shape index (κ3) is 4.17. The summed E-state index contributed by atoms with van der Waals surface area (Å²) >= 11 is 0. The van der Waals surface area contributed by atoms with Crippen molar-refractivity contribution in [2.45, 2.75) is 19.9 Å². The highest BCUT2D eigenvalue weighted by molar-refractivity contribution is 5.96. The Balaban J connectivity index is 1.83. The first-order valence-electron chi connectivity index (χ1n) is 7.60. The van der Waals surface area contributed by atoms with Crippen molar-refractivity contribution in [3.8, 4) is 0 Å². The number of hydrogen-bond acceptors (Lipinski definition) is 5. The number of hydrogen-bond donors (Lipinski definition) is 2. The van der Waals surface area contributed by atoms with Crippen LogP contribution in [0.15, 0.2) is 24.4 Å². The van der Waals surface area contributed by atoms with Crippen molar-refractivity contribution in [1.82, 2.24) is 20.5 Å². The van der Waals surface area contributed by atoms with Gasteiger partial charge in [0.05, 0.1) is 6.04 Å². The van der Waals surface area contributed by atoms with Crippen LogP contribution in [0, 0.1) is 0 Å². The predicted molar refractivity (Wildman–Crippen MR) is 84.7 cm³/mol. The van der Waals surface area contributed by atoms with Gasteiger partial charge in [-0.2, -0.15) is 0 Å². The standard InChI is InChI=1S/C15H23N5O2/c1-3-16-15(22)18-14(21)12(2)19-8-10-20(11-9-19)13-6-4-5-7-17-13/h4-7,12H,3,8-11H2,1-2H3,(H2,16,18,21,22)/t12-/m0/s1. The van der Waals surface area contributed by atoms with Crippen LogP contribution < -0.4 is 15.5 Å². The number of imide groups is 1. The first-order valence-corrected chi connectivity index (χ1v) is 7.60. The predicted octanol–water partition coefficient (Wildman–Crippen LogP) is 0.438. The van der Waals surface area contributed by atoms with Crippen molar-refractivity contribution >= 4 is 17.8 Å². The minimum atomic E-state index is -0.438. The van der Waals surface area contributed by atoms with Crippen molar-refractivity contribution in [1.29, 1.82) is 0 Å². The Kier molecular flexibility index (Phi) is 5.71. The Morgan fingerprint density at radius 2 is 2.00 bits per heavy atom. The quantitative estimate of drug-likeness (QED) is 0.844. The maximum atomic E-state index is 12.0. The third-order valence-electron chi connectivity index (χ3n) is 3.79. The lowest BCUT2D eigenvalue weighted by Crippen LogP contribution is -2.55. The molecule has 2 heterocycles. The van der Waals surface area contributed by atoms with Crippen LogP contribution in [0.2, 0.25) is 0 Å². The first-order chi connectivity index (χ1) is 10.6. The number of rotatable bonds is 4. The van der Waals surface area contributed by atoms with Gasteiger partial charge in [-0.1, -0.05) is 6.07 Å². The summed E-state index contributed by atoms with van der Waals surface area (Å²) in [5, 5.41) is 4.92. The molecule has 3 amide bonds. The van der Waals surface area contributed by atoms with Gasteiger partial charge >= 0.3 is 6.03 Å². The summed E-state index contributed by atoms with van der Waals surface area (Å²) in [6, 6.07) is 5.09. The number of anilines is 1. The molecule has 1 aliphatic heterocycles. The number of nitrogens with one attached hydrogen (secondary N) is 2. The van der Waals surface area contributed by atoms with E-state index in [4.69, 9.17) is 0 Å². The lowest BCUT2D eigenvalue weighted by Gasteiger charge is -2.37. The Morgan fingerprint density at radius 1 is 1.27 bits per heavy atom. The van der Waals surface area contributed by atoms with Crippen molar-refractivity contribution in [3.05, 3.63) is 24.4 Å². The van der Waals surface area contributed by atoms with E-state index in [1.807, 2.05) is 32.0 Å². The average Bonchev–Trinajstić information content (AvgIpc) is 2.55. The molecule has 0 bridgehead atoms. The number of nitrogens with zero attached hydrogens (tertiary/aromatic N) is 3. The molecule has 7 heteroatoms. The molecule has 0 aromatic carbocycles. The number of piperazine rings is 1. The highest BCUT2D eigenvalue weighted by Crippen LogP contribution is 2.13. The van der Waals surface area contributed by atoms with E-state index in [-0.39, 0.29) is 11.9 Å². The largest absolute Gasteiger partial charge is 0.354 e. The van der Waals surface area contributed by atoms with Gasteiger partial charge < -0.3 is 10.2 Å². The van der Waals surface area contributed by atoms with E-state index in [9.17, 15) is 9.59 Å². The maximum absolute atomic E-state index is 12.0. The molecule has 2 rings (SSSR count). The zero-order chi connectivity index (χ0) is 15.9. The minimum absolute atomic E-state index is 0.266. The van der Waals surface area contributed by atoms with Gasteiger partial charge in [0.15, 0.2) is 0 Å². The molecule has 0 aliphatic carbocycles. The number of aromatic nitrogens is 1. The fraction of sp³-hybridized carbons (Fsp3) is 0.533. The van der Waals surface area contributed by atoms with Crippen LogP contribution in [0.1, 0.15) is 13.8 Å². The zero-order valence-corrected chi connectivity index (χ0v) is 13.1. The van der Waals surface area contributed by atoms with Crippen molar-refractivity contribution in [2.24, 2.45) is 0 Å². The van der Waals surface area contributed by atoms with Gasteiger partial charge in [0.1, 0.15) is 5.82 Å². The van der Waals surface area contributed by atoms with E-state index >= 15 is 0 Å². The van der Waals surface area contributed by atoms with Crippen LogP contribution in [0.3, 0.4) is 0 Å². The summed E-state index contributed by atoms with van der Waals surface area (Å²) in [5.74, 6) is 0.693. The molecule has 0 radical (unpaired) electrons. The van der Waals surface area contributed by atoms with E-state index in [0.717, 1.165) is 32.0 Å². The van der Waals surface area contributed by atoms with Gasteiger partial charge in [-0.25, -0.2) is 9.78 Å². The molecule has 1 saturated heterocycles. The average molecular weight is 305 g/mol. The lowest BCUT2D eigenvalue weighted by molar-refractivity contribution is -0.124. The summed E-state index contributed by atoms with van der Waals surface area (Å²) in [5.41, 5.74) is 0. The monoisotopic (exact) mass is 305 g/mol. The van der Waals surface area contributed by atoms with E-state index in [1.54, 1.807) is 6.20 Å². The van der Waals surface area contributed by atoms with Crippen LogP contribution >= 0.6 is 0 Å². The molecule has 0 saturated carbocycles. The van der Waals surface area contributed by atoms with Gasteiger partial charge in [0.2, 0.25) is 5.91 Å². The second-order valence-corrected chi connectivity index (χ2v) is 5.24. The topological polar surface area (TPSA) is 77.6 Å². The number of urea groups is 1. The zero-order valence-electron chi connectivity index (χ0n) is 13.1. The second-order valence-electron chi connectivity index (χ2n) is 5.24. The number of carbonyl (C=O) groups is 2. The Morgan fingerprint density at radius 3 is 2.59 bits per heavy atom. The highest BCUT2D eigenvalue weighted by Gasteiger charge is 2.26. The molecule has 1 atom stereocenters. The van der Waals surface area contributed by atoms with Gasteiger partial charge in [-0.3, -0.25) is 15.0 Å². The number of amides is 3. The lowest BCUT2D eigenvalue weighted by atomic mass is 10.2. The van der Waals surface area contributed by atoms with Crippen LogP contribution in [0.4, 0.5) is 10.6 Å². The molecular weight excluding hydrogens is 282 g/mol. The minimum Gasteiger partial charge on any atom is -0.354 e. The molecule has 2 N–H and O–H groups in total. The normalized spacial score (nSPS) is 16.9. The van der Waals surface area contributed by atoms with Gasteiger partial charge in [0, 0.05) is 38.9 Å². The summed E-state index contributed by atoms with van der Waals surface area (Å²) in [7, 11) is 0. The molecule has 0 spiro atoms. The molecule has 22 heavy (non-hydrogen) atoms. The Hall–Kier alpha value is -2.15. The molecule has 1 aliphatic rings. The van der Waals surface area contributed by atoms with E-state index in [0.29, 0.717) is 6.54 Å². The van der Waals surface area contributed by atoms with Crippen LogP contribution in [-0.2, 0) is 4.79 Å². The number of carbonyl (C=O) groups excluding carboxylic acids is 2. The molecule has 1 aromatic heterocycles. The van der Waals surface area contributed by atoms with E-state index in [2.05, 4.69) is 25.4 Å². The summed E-state index contributed by atoms with van der Waals surface area (Å²) in [4.78, 5) is 32.1. The summed E-state index contributed by atoms with van der Waals surface area (Å²) < 4.78 is 0. The van der Waals surface area contributed by atoms with Crippen LogP contribution in [0.5, 0.6) is 0 Å². The number of pyridine rings is 1. The Labute approximate surface area is 130 Å². The fourth-order valence-corrected chi connectivity index (χ4v) is 2.47. The first kappa shape index (κ1) is 16.2. The second kappa shape index (κ2) is 7.74. The molecule has 120 valence electrons. The molecule has 0 unspecified atom stereocenters. The summed E-state index contributed by atoms with van der Waals surface area (Å²) in [6.07, 6.45) is 1.78. The third-order valence-corrected chi connectivity index (χ3v) is 3.79. The van der Waals surface area contributed by atoms with Gasteiger partial charge in [-0.15, -0.1) is 0 Å². The Bertz CT molecular complexity index is 500. The SMILES string of the molecule is CCNC(=O)NC(=O)[C@H](C)N1CCN(c2ccccn2)CC1. The van der Waals surface area contributed by atoms with Crippen LogP contribution in [0.25, 0.3) is 0 Å². The summed E-state index contributed by atoms with van der Waals surface area (Å²) in [6.45, 7) is 7.29. The van der Waals surface area contributed by atoms with Gasteiger partial charge in [-0.05, 0) is 26.0 Å². The highest BCUT2D eigenvalue weighted by atomic mass is 16.2.